The molecule has 1 N–H and O–H groups in total. The summed E-state index contributed by atoms with van der Waals surface area (Å²) >= 11 is 3.44. The van der Waals surface area contributed by atoms with Gasteiger partial charge in [0.25, 0.3) is 0 Å². The molecule has 0 aliphatic carbocycles. The summed E-state index contributed by atoms with van der Waals surface area (Å²) < 4.78 is 2.99. The van der Waals surface area contributed by atoms with Crippen molar-refractivity contribution in [2.24, 2.45) is 5.92 Å². The summed E-state index contributed by atoms with van der Waals surface area (Å²) in [6.07, 6.45) is 5.68. The molecule has 0 amide bonds. The van der Waals surface area contributed by atoms with Crippen molar-refractivity contribution in [2.75, 3.05) is 6.54 Å². The predicted octanol–water partition coefficient (Wildman–Crippen LogP) is 2.78. The lowest BCUT2D eigenvalue weighted by atomic mass is 9.90. The number of pyridine rings is 1. The van der Waals surface area contributed by atoms with Crippen molar-refractivity contribution in [3.63, 3.8) is 0 Å². The van der Waals surface area contributed by atoms with Crippen molar-refractivity contribution in [3.8, 4) is 0 Å². The average molecular weight is 352 g/mol. The van der Waals surface area contributed by atoms with Gasteiger partial charge in [0.05, 0.1) is 11.6 Å². The van der Waals surface area contributed by atoms with E-state index in [4.69, 9.17) is 0 Å². The van der Waals surface area contributed by atoms with Crippen molar-refractivity contribution in [2.45, 2.75) is 32.4 Å². The van der Waals surface area contributed by atoms with E-state index in [2.05, 4.69) is 25.8 Å². The molecular formula is C15H18BrN3O2. The summed E-state index contributed by atoms with van der Waals surface area (Å²) in [4.78, 5) is 18.1. The first-order valence-corrected chi connectivity index (χ1v) is 7.94. The number of aliphatic carboxylic acids is 1. The van der Waals surface area contributed by atoms with Gasteiger partial charge in [0.2, 0.25) is 0 Å². The van der Waals surface area contributed by atoms with Gasteiger partial charge in [-0.05, 0) is 38.4 Å². The van der Waals surface area contributed by atoms with Crippen molar-refractivity contribution in [1.82, 2.24) is 14.3 Å². The highest BCUT2D eigenvalue weighted by molar-refractivity contribution is 9.10. The summed E-state index contributed by atoms with van der Waals surface area (Å²) in [6.45, 7) is 3.64. The van der Waals surface area contributed by atoms with Crippen molar-refractivity contribution in [1.29, 1.82) is 0 Å². The number of imidazole rings is 1. The number of carboxylic acid groups (broad SMARTS) is 1. The van der Waals surface area contributed by atoms with Gasteiger partial charge in [-0.15, -0.1) is 0 Å². The number of carbonyl (C=O) groups is 1. The zero-order valence-corrected chi connectivity index (χ0v) is 13.5. The molecule has 2 atom stereocenters. The largest absolute Gasteiger partial charge is 0.481 e. The number of aromatic nitrogens is 2. The minimum atomic E-state index is -0.689. The standard InChI is InChI=1S/C15H18BrN3O2/c1-10-13(15(20)21)3-2-5-18(10)8-12-9-19-6-4-11(16)7-14(19)17-12/h4,6-7,9-10,13H,2-3,5,8H2,1H3,(H,20,21)/t10-,13-/m1/s1. The van der Waals surface area contributed by atoms with Gasteiger partial charge < -0.3 is 9.51 Å². The highest BCUT2D eigenvalue weighted by atomic mass is 79.9. The lowest BCUT2D eigenvalue weighted by molar-refractivity contribution is -0.145. The Morgan fingerprint density at radius 3 is 3.14 bits per heavy atom. The molecule has 2 aromatic heterocycles. The van der Waals surface area contributed by atoms with E-state index < -0.39 is 5.97 Å². The molecule has 0 aromatic carbocycles. The Bertz CT molecular complexity index is 670. The summed E-state index contributed by atoms with van der Waals surface area (Å²) in [7, 11) is 0. The van der Waals surface area contributed by atoms with Crippen LogP contribution in [0.25, 0.3) is 5.65 Å². The second kappa shape index (κ2) is 5.77. The Morgan fingerprint density at radius 1 is 1.57 bits per heavy atom. The molecule has 1 saturated heterocycles. The summed E-state index contributed by atoms with van der Waals surface area (Å²) in [5, 5.41) is 9.29. The molecule has 0 saturated carbocycles. The predicted molar refractivity (Wildman–Crippen MR) is 83.1 cm³/mol. The summed E-state index contributed by atoms with van der Waals surface area (Å²) in [5.41, 5.74) is 1.88. The van der Waals surface area contributed by atoms with Crippen molar-refractivity contribution < 1.29 is 9.90 Å². The fraction of sp³-hybridized carbons (Fsp3) is 0.467. The van der Waals surface area contributed by atoms with Crippen LogP contribution >= 0.6 is 15.9 Å². The normalized spacial score (nSPS) is 23.5. The minimum absolute atomic E-state index is 0.0489. The number of piperidine rings is 1. The number of hydrogen-bond acceptors (Lipinski definition) is 3. The fourth-order valence-corrected chi connectivity index (χ4v) is 3.38. The molecule has 1 fully saturated rings. The van der Waals surface area contributed by atoms with Crippen molar-refractivity contribution >= 4 is 27.5 Å². The first kappa shape index (κ1) is 14.5. The zero-order chi connectivity index (χ0) is 15.0. The first-order valence-electron chi connectivity index (χ1n) is 7.14. The molecule has 0 spiro atoms. The third kappa shape index (κ3) is 2.96. The fourth-order valence-electron chi connectivity index (χ4n) is 3.06. The number of likely N-dealkylation sites (tertiary alicyclic amines) is 1. The van der Waals surface area contributed by atoms with Crippen LogP contribution < -0.4 is 0 Å². The van der Waals surface area contributed by atoms with Crippen LogP contribution in [0.3, 0.4) is 0 Å². The molecule has 2 aromatic rings. The molecule has 1 aliphatic heterocycles. The maximum Gasteiger partial charge on any atom is 0.308 e. The Labute approximate surface area is 131 Å². The van der Waals surface area contributed by atoms with E-state index in [1.807, 2.05) is 35.9 Å². The summed E-state index contributed by atoms with van der Waals surface area (Å²) in [6, 6.07) is 4.00. The zero-order valence-electron chi connectivity index (χ0n) is 11.9. The van der Waals surface area contributed by atoms with Gasteiger partial charge in [-0.1, -0.05) is 15.9 Å². The van der Waals surface area contributed by atoms with Gasteiger partial charge in [0.1, 0.15) is 5.65 Å². The number of fused-ring (bicyclic) bond motifs is 1. The number of hydrogen-bond donors (Lipinski definition) is 1. The van der Waals surface area contributed by atoms with Crippen LogP contribution in [0.1, 0.15) is 25.5 Å². The van der Waals surface area contributed by atoms with Gasteiger partial charge in [0, 0.05) is 29.5 Å². The maximum atomic E-state index is 11.3. The molecular weight excluding hydrogens is 334 g/mol. The molecule has 6 heteroatoms. The maximum absolute atomic E-state index is 11.3. The number of rotatable bonds is 3. The molecule has 0 bridgehead atoms. The number of halogens is 1. The van der Waals surface area contributed by atoms with Gasteiger partial charge in [-0.2, -0.15) is 0 Å². The molecule has 112 valence electrons. The topological polar surface area (TPSA) is 57.8 Å². The van der Waals surface area contributed by atoms with E-state index in [1.54, 1.807) is 0 Å². The van der Waals surface area contributed by atoms with Gasteiger partial charge in [0.15, 0.2) is 0 Å². The second-order valence-corrected chi connectivity index (χ2v) is 6.56. The van der Waals surface area contributed by atoms with Crippen LogP contribution in [0.2, 0.25) is 0 Å². The van der Waals surface area contributed by atoms with E-state index >= 15 is 0 Å². The minimum Gasteiger partial charge on any atom is -0.481 e. The quantitative estimate of drug-likeness (QED) is 0.923. The van der Waals surface area contributed by atoms with Crippen LogP contribution in [-0.4, -0.2) is 37.9 Å². The van der Waals surface area contributed by atoms with Crippen LogP contribution in [0, 0.1) is 5.92 Å². The van der Waals surface area contributed by atoms with E-state index in [0.717, 1.165) is 35.2 Å². The lowest BCUT2D eigenvalue weighted by Gasteiger charge is -2.36. The highest BCUT2D eigenvalue weighted by Gasteiger charge is 2.32. The number of carboxylic acids is 1. The Balaban J connectivity index is 1.79. The SMILES string of the molecule is C[C@@H]1[C@H](C(=O)O)CCCN1Cc1cn2ccc(Br)cc2n1. The van der Waals surface area contributed by atoms with Crippen LogP contribution in [0.4, 0.5) is 0 Å². The molecule has 0 radical (unpaired) electrons. The van der Waals surface area contributed by atoms with Gasteiger partial charge >= 0.3 is 5.97 Å². The molecule has 3 heterocycles. The van der Waals surface area contributed by atoms with E-state index in [0.29, 0.717) is 6.54 Å². The molecule has 5 nitrogen and oxygen atoms in total. The van der Waals surface area contributed by atoms with Gasteiger partial charge in [-0.3, -0.25) is 9.69 Å². The monoisotopic (exact) mass is 351 g/mol. The first-order chi connectivity index (χ1) is 10.0. The average Bonchev–Trinajstić information content (AvgIpc) is 2.82. The highest BCUT2D eigenvalue weighted by Crippen LogP contribution is 2.25. The smallest absolute Gasteiger partial charge is 0.308 e. The Hall–Kier alpha value is -1.40. The van der Waals surface area contributed by atoms with Crippen LogP contribution in [0.5, 0.6) is 0 Å². The van der Waals surface area contributed by atoms with Crippen molar-refractivity contribution in [3.05, 3.63) is 34.7 Å². The summed E-state index contributed by atoms with van der Waals surface area (Å²) in [5.74, 6) is -0.962. The van der Waals surface area contributed by atoms with Crippen LogP contribution in [-0.2, 0) is 11.3 Å². The third-order valence-electron chi connectivity index (χ3n) is 4.27. The molecule has 21 heavy (non-hydrogen) atoms. The lowest BCUT2D eigenvalue weighted by Crippen LogP contribution is -2.45. The van der Waals surface area contributed by atoms with E-state index in [-0.39, 0.29) is 12.0 Å². The third-order valence-corrected chi connectivity index (χ3v) is 4.77. The second-order valence-electron chi connectivity index (χ2n) is 5.64. The molecule has 1 aliphatic rings. The van der Waals surface area contributed by atoms with E-state index in [1.165, 1.54) is 0 Å². The van der Waals surface area contributed by atoms with Crippen LogP contribution in [0.15, 0.2) is 29.0 Å². The van der Waals surface area contributed by atoms with Gasteiger partial charge in [-0.25, -0.2) is 4.98 Å². The molecule has 3 rings (SSSR count). The van der Waals surface area contributed by atoms with E-state index in [9.17, 15) is 9.90 Å². The Morgan fingerprint density at radius 2 is 2.38 bits per heavy atom. The number of nitrogens with zero attached hydrogens (tertiary/aromatic N) is 3. The Kier molecular flexibility index (Phi) is 3.99. The molecule has 0 unspecified atom stereocenters.